The first kappa shape index (κ1) is 14.7. The van der Waals surface area contributed by atoms with Crippen LogP contribution < -0.4 is 5.73 Å². The highest BCUT2D eigenvalue weighted by molar-refractivity contribution is 6.35. The Morgan fingerprint density at radius 2 is 1.80 bits per heavy atom. The SMILES string of the molecule is CN(Cc1ccc(Cl)cc1Cl)C(=O)c1ccc(N)cc1. The van der Waals surface area contributed by atoms with E-state index in [2.05, 4.69) is 0 Å². The molecule has 0 unspecified atom stereocenters. The van der Waals surface area contributed by atoms with Crippen LogP contribution >= 0.6 is 23.2 Å². The molecule has 0 saturated heterocycles. The molecule has 0 aromatic heterocycles. The third kappa shape index (κ3) is 3.44. The normalized spacial score (nSPS) is 10.3. The van der Waals surface area contributed by atoms with Crippen LogP contribution in [0.5, 0.6) is 0 Å². The summed E-state index contributed by atoms with van der Waals surface area (Å²) in [4.78, 5) is 13.9. The molecule has 2 aromatic rings. The lowest BCUT2D eigenvalue weighted by molar-refractivity contribution is 0.0785. The lowest BCUT2D eigenvalue weighted by atomic mass is 10.1. The molecule has 2 aromatic carbocycles. The maximum atomic E-state index is 12.3. The number of carbonyl (C=O) groups is 1. The fourth-order valence-electron chi connectivity index (χ4n) is 1.82. The van der Waals surface area contributed by atoms with Gasteiger partial charge in [0.2, 0.25) is 0 Å². The van der Waals surface area contributed by atoms with Gasteiger partial charge in [-0.25, -0.2) is 0 Å². The molecule has 0 aliphatic heterocycles. The van der Waals surface area contributed by atoms with Gasteiger partial charge in [0, 0.05) is 34.9 Å². The number of hydrogen-bond donors (Lipinski definition) is 1. The minimum atomic E-state index is -0.0870. The number of nitrogen functional groups attached to an aromatic ring is 1. The Morgan fingerprint density at radius 1 is 1.15 bits per heavy atom. The van der Waals surface area contributed by atoms with E-state index < -0.39 is 0 Å². The van der Waals surface area contributed by atoms with Crippen molar-refractivity contribution in [1.82, 2.24) is 4.90 Å². The summed E-state index contributed by atoms with van der Waals surface area (Å²) < 4.78 is 0. The molecule has 0 aliphatic carbocycles. The van der Waals surface area contributed by atoms with E-state index in [1.165, 1.54) is 0 Å². The Bertz CT molecular complexity index is 626. The molecule has 3 nitrogen and oxygen atoms in total. The summed E-state index contributed by atoms with van der Waals surface area (Å²) in [6.45, 7) is 0.416. The first-order valence-electron chi connectivity index (χ1n) is 6.02. The smallest absolute Gasteiger partial charge is 0.253 e. The highest BCUT2D eigenvalue weighted by Crippen LogP contribution is 2.22. The quantitative estimate of drug-likeness (QED) is 0.875. The highest BCUT2D eigenvalue weighted by Gasteiger charge is 2.13. The van der Waals surface area contributed by atoms with Gasteiger partial charge in [0.15, 0.2) is 0 Å². The van der Waals surface area contributed by atoms with E-state index in [1.807, 2.05) is 6.07 Å². The zero-order chi connectivity index (χ0) is 14.7. The molecular formula is C15H14Cl2N2O. The van der Waals surface area contributed by atoms with Crippen LogP contribution in [0.1, 0.15) is 15.9 Å². The van der Waals surface area contributed by atoms with E-state index in [0.29, 0.717) is 27.8 Å². The maximum absolute atomic E-state index is 12.3. The molecule has 5 heteroatoms. The minimum absolute atomic E-state index is 0.0870. The number of nitrogens with two attached hydrogens (primary N) is 1. The predicted octanol–water partition coefficient (Wildman–Crippen LogP) is 3.85. The van der Waals surface area contributed by atoms with E-state index in [9.17, 15) is 4.79 Å². The molecular weight excluding hydrogens is 295 g/mol. The van der Waals surface area contributed by atoms with Crippen LogP contribution in [0.25, 0.3) is 0 Å². The van der Waals surface area contributed by atoms with Gasteiger partial charge in [-0.15, -0.1) is 0 Å². The summed E-state index contributed by atoms with van der Waals surface area (Å²) >= 11 is 12.0. The molecule has 2 rings (SSSR count). The van der Waals surface area contributed by atoms with Crippen molar-refractivity contribution < 1.29 is 4.79 Å². The molecule has 0 saturated carbocycles. The van der Waals surface area contributed by atoms with Gasteiger partial charge < -0.3 is 10.6 Å². The van der Waals surface area contributed by atoms with Crippen molar-refractivity contribution in [2.75, 3.05) is 12.8 Å². The second-order valence-corrected chi connectivity index (χ2v) is 5.36. The molecule has 0 atom stereocenters. The number of halogens is 2. The first-order valence-corrected chi connectivity index (χ1v) is 6.78. The Kier molecular flexibility index (Phi) is 4.53. The minimum Gasteiger partial charge on any atom is -0.399 e. The molecule has 2 N–H and O–H groups in total. The van der Waals surface area contributed by atoms with Crippen LogP contribution in [-0.4, -0.2) is 17.9 Å². The summed E-state index contributed by atoms with van der Waals surface area (Å²) in [5, 5.41) is 1.13. The monoisotopic (exact) mass is 308 g/mol. The second kappa shape index (κ2) is 6.16. The van der Waals surface area contributed by atoms with Crippen molar-refractivity contribution in [3.8, 4) is 0 Å². The van der Waals surface area contributed by atoms with Crippen molar-refractivity contribution in [2.24, 2.45) is 0 Å². The predicted molar refractivity (Wildman–Crippen MR) is 83.1 cm³/mol. The number of amides is 1. The third-order valence-electron chi connectivity index (χ3n) is 2.93. The van der Waals surface area contributed by atoms with Crippen LogP contribution in [0.15, 0.2) is 42.5 Å². The average molecular weight is 309 g/mol. The summed E-state index contributed by atoms with van der Waals surface area (Å²) in [5.74, 6) is -0.0870. The fraction of sp³-hybridized carbons (Fsp3) is 0.133. The van der Waals surface area contributed by atoms with Crippen molar-refractivity contribution in [3.63, 3.8) is 0 Å². The van der Waals surface area contributed by atoms with Gasteiger partial charge >= 0.3 is 0 Å². The summed E-state index contributed by atoms with van der Waals surface area (Å²) in [5.41, 5.74) is 7.67. The summed E-state index contributed by atoms with van der Waals surface area (Å²) in [6, 6.07) is 12.1. The molecule has 0 heterocycles. The second-order valence-electron chi connectivity index (χ2n) is 4.52. The molecule has 0 aliphatic rings. The number of rotatable bonds is 3. The van der Waals surface area contributed by atoms with Crippen molar-refractivity contribution in [3.05, 3.63) is 63.6 Å². The van der Waals surface area contributed by atoms with Crippen molar-refractivity contribution in [1.29, 1.82) is 0 Å². The molecule has 20 heavy (non-hydrogen) atoms. The van der Waals surface area contributed by atoms with Crippen LogP contribution in [0.4, 0.5) is 5.69 Å². The molecule has 104 valence electrons. The standard InChI is InChI=1S/C15H14Cl2N2O/c1-19(9-11-2-5-12(16)8-14(11)17)15(20)10-3-6-13(18)7-4-10/h2-8H,9,18H2,1H3. The van der Waals surface area contributed by atoms with Gasteiger partial charge in [0.25, 0.3) is 5.91 Å². The van der Waals surface area contributed by atoms with Gasteiger partial charge in [-0.1, -0.05) is 29.3 Å². The number of benzene rings is 2. The largest absolute Gasteiger partial charge is 0.399 e. The maximum Gasteiger partial charge on any atom is 0.253 e. The number of nitrogens with zero attached hydrogens (tertiary/aromatic N) is 1. The van der Waals surface area contributed by atoms with Crippen LogP contribution in [-0.2, 0) is 6.54 Å². The number of carbonyl (C=O) groups excluding carboxylic acids is 1. The zero-order valence-corrected chi connectivity index (χ0v) is 12.4. The van der Waals surface area contributed by atoms with Crippen LogP contribution in [0.3, 0.4) is 0 Å². The molecule has 0 spiro atoms. The molecule has 0 bridgehead atoms. The Hall–Kier alpha value is -1.71. The van der Waals surface area contributed by atoms with Gasteiger partial charge in [-0.05, 0) is 42.0 Å². The third-order valence-corrected chi connectivity index (χ3v) is 3.51. The lowest BCUT2D eigenvalue weighted by Gasteiger charge is -2.18. The number of hydrogen-bond acceptors (Lipinski definition) is 2. The summed E-state index contributed by atoms with van der Waals surface area (Å²) in [6.07, 6.45) is 0. The van der Waals surface area contributed by atoms with E-state index in [4.69, 9.17) is 28.9 Å². The Labute approximate surface area is 127 Å². The topological polar surface area (TPSA) is 46.3 Å². The first-order chi connectivity index (χ1) is 9.47. The van der Waals surface area contributed by atoms with Crippen molar-refractivity contribution in [2.45, 2.75) is 6.54 Å². The number of anilines is 1. The van der Waals surface area contributed by atoms with Gasteiger partial charge in [-0.3, -0.25) is 4.79 Å². The van der Waals surface area contributed by atoms with E-state index in [1.54, 1.807) is 48.3 Å². The van der Waals surface area contributed by atoms with E-state index in [-0.39, 0.29) is 5.91 Å². The van der Waals surface area contributed by atoms with E-state index >= 15 is 0 Å². The highest BCUT2D eigenvalue weighted by atomic mass is 35.5. The Balaban J connectivity index is 2.13. The van der Waals surface area contributed by atoms with E-state index in [0.717, 1.165) is 5.56 Å². The fourth-order valence-corrected chi connectivity index (χ4v) is 2.29. The molecule has 0 fully saturated rings. The van der Waals surface area contributed by atoms with Crippen LogP contribution in [0, 0.1) is 0 Å². The van der Waals surface area contributed by atoms with Gasteiger partial charge in [0.1, 0.15) is 0 Å². The molecule has 1 amide bonds. The lowest BCUT2D eigenvalue weighted by Crippen LogP contribution is -2.26. The average Bonchev–Trinajstić information content (AvgIpc) is 2.42. The van der Waals surface area contributed by atoms with Gasteiger partial charge in [0.05, 0.1) is 0 Å². The van der Waals surface area contributed by atoms with Crippen LogP contribution in [0.2, 0.25) is 10.0 Å². The zero-order valence-electron chi connectivity index (χ0n) is 10.9. The van der Waals surface area contributed by atoms with Crippen molar-refractivity contribution >= 4 is 34.8 Å². The summed E-state index contributed by atoms with van der Waals surface area (Å²) in [7, 11) is 1.73. The molecule has 0 radical (unpaired) electrons. The Morgan fingerprint density at radius 3 is 2.40 bits per heavy atom. The van der Waals surface area contributed by atoms with Gasteiger partial charge in [-0.2, -0.15) is 0 Å².